The maximum absolute atomic E-state index is 12.6. The van der Waals surface area contributed by atoms with Gasteiger partial charge in [-0.1, -0.05) is 32.0 Å². The molecule has 0 unspecified atom stereocenters. The predicted molar refractivity (Wildman–Crippen MR) is 95.8 cm³/mol. The summed E-state index contributed by atoms with van der Waals surface area (Å²) in [7, 11) is -1.90. The van der Waals surface area contributed by atoms with Crippen molar-refractivity contribution >= 4 is 15.7 Å². The zero-order valence-electron chi connectivity index (χ0n) is 14.7. The second-order valence-electron chi connectivity index (χ2n) is 6.88. The molecule has 25 heavy (non-hydrogen) atoms. The van der Waals surface area contributed by atoms with Crippen LogP contribution in [0.2, 0.25) is 0 Å². The van der Waals surface area contributed by atoms with Gasteiger partial charge in [0.05, 0.1) is 16.9 Å². The van der Waals surface area contributed by atoms with Crippen LogP contribution in [0.1, 0.15) is 30.0 Å². The average molecular weight is 364 g/mol. The van der Waals surface area contributed by atoms with Crippen LogP contribution in [0, 0.1) is 5.41 Å². The molecule has 0 spiro atoms. The van der Waals surface area contributed by atoms with Gasteiger partial charge in [-0.3, -0.25) is 4.79 Å². The molecular weight excluding hydrogens is 340 g/mol. The van der Waals surface area contributed by atoms with E-state index >= 15 is 0 Å². The van der Waals surface area contributed by atoms with Crippen molar-refractivity contribution < 1.29 is 17.6 Å². The SMILES string of the molecule is CN(CC(C)(C)CN)C(=O)c1occc1CS(=O)(=O)c1ccccc1. The van der Waals surface area contributed by atoms with Gasteiger partial charge in [0.25, 0.3) is 5.91 Å². The number of carbonyl (C=O) groups excluding carboxylic acids is 1. The summed E-state index contributed by atoms with van der Waals surface area (Å²) in [6, 6.07) is 9.67. The monoisotopic (exact) mass is 364 g/mol. The highest BCUT2D eigenvalue weighted by molar-refractivity contribution is 7.90. The molecule has 1 amide bonds. The minimum Gasteiger partial charge on any atom is -0.459 e. The van der Waals surface area contributed by atoms with E-state index in [1.165, 1.54) is 29.4 Å². The predicted octanol–water partition coefficient (Wildman–Crippen LogP) is 2.31. The Morgan fingerprint density at radius 3 is 2.44 bits per heavy atom. The average Bonchev–Trinajstić information content (AvgIpc) is 3.02. The quantitative estimate of drug-likeness (QED) is 0.814. The lowest BCUT2D eigenvalue weighted by Gasteiger charge is -2.28. The molecule has 0 aliphatic rings. The molecule has 1 aromatic heterocycles. The molecule has 136 valence electrons. The van der Waals surface area contributed by atoms with Gasteiger partial charge in [-0.25, -0.2) is 8.42 Å². The Morgan fingerprint density at radius 2 is 1.84 bits per heavy atom. The van der Waals surface area contributed by atoms with E-state index < -0.39 is 9.84 Å². The zero-order chi connectivity index (χ0) is 18.7. The number of hydrogen-bond donors (Lipinski definition) is 1. The van der Waals surface area contributed by atoms with Crippen LogP contribution < -0.4 is 5.73 Å². The summed E-state index contributed by atoms with van der Waals surface area (Å²) in [6.45, 7) is 4.78. The molecule has 2 N–H and O–H groups in total. The highest BCUT2D eigenvalue weighted by Crippen LogP contribution is 2.22. The number of rotatable bonds is 7. The third kappa shape index (κ3) is 4.70. The number of carbonyl (C=O) groups is 1. The molecule has 0 saturated heterocycles. The Labute approximate surface area is 148 Å². The molecule has 0 bridgehead atoms. The van der Waals surface area contributed by atoms with Crippen LogP contribution in [-0.2, 0) is 15.6 Å². The lowest BCUT2D eigenvalue weighted by Crippen LogP contribution is -2.39. The summed E-state index contributed by atoms with van der Waals surface area (Å²) in [5.41, 5.74) is 5.82. The lowest BCUT2D eigenvalue weighted by molar-refractivity contribution is 0.0708. The zero-order valence-corrected chi connectivity index (χ0v) is 15.5. The van der Waals surface area contributed by atoms with E-state index in [-0.39, 0.29) is 27.7 Å². The molecule has 2 aromatic rings. The third-order valence-electron chi connectivity index (χ3n) is 3.95. The number of sulfone groups is 1. The van der Waals surface area contributed by atoms with Gasteiger partial charge in [-0.05, 0) is 30.2 Å². The van der Waals surface area contributed by atoms with E-state index in [1.807, 2.05) is 13.8 Å². The van der Waals surface area contributed by atoms with Crippen molar-refractivity contribution in [3.05, 3.63) is 54.0 Å². The molecule has 0 fully saturated rings. The van der Waals surface area contributed by atoms with Crippen molar-refractivity contribution in [3.8, 4) is 0 Å². The molecule has 1 heterocycles. The fraction of sp³-hybridized carbons (Fsp3) is 0.389. The molecule has 0 radical (unpaired) electrons. The fourth-order valence-electron chi connectivity index (χ4n) is 2.50. The first kappa shape index (κ1) is 19.2. The van der Waals surface area contributed by atoms with Crippen LogP contribution in [0.3, 0.4) is 0 Å². The van der Waals surface area contributed by atoms with Crippen molar-refractivity contribution in [3.63, 3.8) is 0 Å². The van der Waals surface area contributed by atoms with E-state index in [0.29, 0.717) is 18.7 Å². The highest BCUT2D eigenvalue weighted by Gasteiger charge is 2.27. The molecule has 1 aromatic carbocycles. The van der Waals surface area contributed by atoms with Crippen LogP contribution in [0.15, 0.2) is 52.0 Å². The van der Waals surface area contributed by atoms with Crippen LogP contribution in [0.5, 0.6) is 0 Å². The van der Waals surface area contributed by atoms with Crippen molar-refractivity contribution in [2.75, 3.05) is 20.1 Å². The van der Waals surface area contributed by atoms with Crippen LogP contribution in [0.25, 0.3) is 0 Å². The number of nitrogens with zero attached hydrogens (tertiary/aromatic N) is 1. The van der Waals surface area contributed by atoms with Crippen LogP contribution in [-0.4, -0.2) is 39.4 Å². The van der Waals surface area contributed by atoms with Crippen LogP contribution >= 0.6 is 0 Å². The van der Waals surface area contributed by atoms with Crippen molar-refractivity contribution in [1.82, 2.24) is 4.90 Å². The van der Waals surface area contributed by atoms with Gasteiger partial charge < -0.3 is 15.1 Å². The summed E-state index contributed by atoms with van der Waals surface area (Å²) >= 11 is 0. The molecule has 0 atom stereocenters. The first-order valence-corrected chi connectivity index (χ1v) is 9.61. The first-order chi connectivity index (χ1) is 11.7. The summed E-state index contributed by atoms with van der Waals surface area (Å²) in [5, 5.41) is 0. The Bertz CT molecular complexity index is 826. The molecule has 0 aliphatic heterocycles. The smallest absolute Gasteiger partial charge is 0.289 e. The van der Waals surface area contributed by atoms with Gasteiger partial charge in [-0.15, -0.1) is 0 Å². The fourth-order valence-corrected chi connectivity index (χ4v) is 3.88. The largest absolute Gasteiger partial charge is 0.459 e. The number of nitrogens with two attached hydrogens (primary N) is 1. The summed E-state index contributed by atoms with van der Waals surface area (Å²) in [6.07, 6.45) is 1.34. The minimum atomic E-state index is -3.56. The molecule has 7 heteroatoms. The molecule has 0 saturated carbocycles. The number of benzene rings is 1. The van der Waals surface area contributed by atoms with E-state index in [2.05, 4.69) is 0 Å². The topological polar surface area (TPSA) is 93.6 Å². The number of furan rings is 1. The summed E-state index contributed by atoms with van der Waals surface area (Å²) in [4.78, 5) is 14.4. The van der Waals surface area contributed by atoms with Crippen molar-refractivity contribution in [2.45, 2.75) is 24.5 Å². The standard InChI is InChI=1S/C18H24N2O4S/c1-18(2,12-19)13-20(3)17(21)16-14(9-10-24-16)11-25(22,23)15-7-5-4-6-8-15/h4-10H,11-13,19H2,1-3H3. The summed E-state index contributed by atoms with van der Waals surface area (Å²) in [5.74, 6) is -0.595. The third-order valence-corrected chi connectivity index (χ3v) is 5.63. The maximum atomic E-state index is 12.6. The normalized spacial score (nSPS) is 12.2. The van der Waals surface area contributed by atoms with Gasteiger partial charge in [0, 0.05) is 19.2 Å². The minimum absolute atomic E-state index is 0.0508. The first-order valence-electron chi connectivity index (χ1n) is 7.96. The Kier molecular flexibility index (Phi) is 5.69. The maximum Gasteiger partial charge on any atom is 0.289 e. The molecule has 0 aliphatic carbocycles. The summed E-state index contributed by atoms with van der Waals surface area (Å²) < 4.78 is 30.4. The van der Waals surface area contributed by atoms with Gasteiger partial charge in [0.15, 0.2) is 15.6 Å². The molecule has 2 rings (SSSR count). The second kappa shape index (κ2) is 7.41. The number of amides is 1. The van der Waals surface area contributed by atoms with E-state index in [9.17, 15) is 13.2 Å². The second-order valence-corrected chi connectivity index (χ2v) is 8.87. The van der Waals surface area contributed by atoms with E-state index in [4.69, 9.17) is 10.2 Å². The van der Waals surface area contributed by atoms with Gasteiger partial charge in [0.1, 0.15) is 0 Å². The van der Waals surface area contributed by atoms with Gasteiger partial charge in [-0.2, -0.15) is 0 Å². The van der Waals surface area contributed by atoms with Crippen molar-refractivity contribution in [1.29, 1.82) is 0 Å². The van der Waals surface area contributed by atoms with E-state index in [1.54, 1.807) is 25.2 Å². The Hall–Kier alpha value is -2.12. The molecule has 6 nitrogen and oxygen atoms in total. The van der Waals surface area contributed by atoms with Gasteiger partial charge in [0.2, 0.25) is 0 Å². The Morgan fingerprint density at radius 1 is 1.20 bits per heavy atom. The molecular formula is C18H24N2O4S. The highest BCUT2D eigenvalue weighted by atomic mass is 32.2. The van der Waals surface area contributed by atoms with E-state index in [0.717, 1.165) is 0 Å². The number of hydrogen-bond acceptors (Lipinski definition) is 5. The van der Waals surface area contributed by atoms with Crippen molar-refractivity contribution in [2.24, 2.45) is 11.1 Å². The Balaban J connectivity index is 2.22. The van der Waals surface area contributed by atoms with Crippen LogP contribution in [0.4, 0.5) is 0 Å². The van der Waals surface area contributed by atoms with Gasteiger partial charge >= 0.3 is 0 Å². The lowest BCUT2D eigenvalue weighted by atomic mass is 9.93.